The third kappa shape index (κ3) is 2.92. The van der Waals surface area contributed by atoms with Crippen molar-refractivity contribution >= 4 is 40.4 Å². The Kier molecular flexibility index (Phi) is 4.14. The first-order chi connectivity index (χ1) is 11.8. The summed E-state index contributed by atoms with van der Waals surface area (Å²) in [6, 6.07) is 10.7. The van der Waals surface area contributed by atoms with Gasteiger partial charge in [0.2, 0.25) is 0 Å². The van der Waals surface area contributed by atoms with Gasteiger partial charge in [-0.25, -0.2) is 4.90 Å². The van der Waals surface area contributed by atoms with Crippen LogP contribution in [0.4, 0.5) is 11.4 Å². The number of imide groups is 1. The highest BCUT2D eigenvalue weighted by atomic mass is 35.5. The van der Waals surface area contributed by atoms with Gasteiger partial charge in [0, 0.05) is 12.1 Å². The SMILES string of the molecule is Cc1cc(C)cc(N2C(=O)C(Cl)=C(c3ccc([N+](=O)[O-])cc3)C2=O)c1. The smallest absolute Gasteiger partial charge is 0.268 e. The molecule has 0 aromatic heterocycles. The number of anilines is 1. The Balaban J connectivity index is 2.03. The minimum Gasteiger partial charge on any atom is -0.268 e. The summed E-state index contributed by atoms with van der Waals surface area (Å²) in [6.45, 7) is 3.74. The molecule has 0 atom stereocenters. The predicted octanol–water partition coefficient (Wildman–Crippen LogP) is 3.73. The molecular weight excluding hydrogens is 344 g/mol. The average Bonchev–Trinajstić information content (AvgIpc) is 2.76. The first-order valence-corrected chi connectivity index (χ1v) is 7.79. The Hall–Kier alpha value is -2.99. The summed E-state index contributed by atoms with van der Waals surface area (Å²) in [6.07, 6.45) is 0. The third-order valence-corrected chi connectivity index (χ3v) is 4.21. The predicted molar refractivity (Wildman–Crippen MR) is 94.3 cm³/mol. The summed E-state index contributed by atoms with van der Waals surface area (Å²) in [5, 5.41) is 10.6. The van der Waals surface area contributed by atoms with E-state index < -0.39 is 16.7 Å². The van der Waals surface area contributed by atoms with E-state index in [0.717, 1.165) is 16.0 Å². The number of nitrogens with zero attached hydrogens (tertiary/aromatic N) is 2. The monoisotopic (exact) mass is 356 g/mol. The van der Waals surface area contributed by atoms with Gasteiger partial charge in [-0.1, -0.05) is 17.7 Å². The van der Waals surface area contributed by atoms with E-state index in [1.807, 2.05) is 19.9 Å². The van der Waals surface area contributed by atoms with Crippen LogP contribution in [0.3, 0.4) is 0 Å². The molecule has 0 bridgehead atoms. The Labute approximate surface area is 148 Å². The van der Waals surface area contributed by atoms with Crippen LogP contribution in [-0.2, 0) is 9.59 Å². The normalized spacial score (nSPS) is 14.4. The molecule has 7 heteroatoms. The topological polar surface area (TPSA) is 80.5 Å². The van der Waals surface area contributed by atoms with E-state index in [1.165, 1.54) is 24.3 Å². The van der Waals surface area contributed by atoms with E-state index >= 15 is 0 Å². The maximum Gasteiger partial charge on any atom is 0.277 e. The van der Waals surface area contributed by atoms with Gasteiger partial charge < -0.3 is 0 Å². The highest BCUT2D eigenvalue weighted by Gasteiger charge is 2.39. The lowest BCUT2D eigenvalue weighted by molar-refractivity contribution is -0.384. The summed E-state index contributed by atoms with van der Waals surface area (Å²) in [5.74, 6) is -1.15. The minimum absolute atomic E-state index is 0.0423. The molecule has 0 N–H and O–H groups in total. The van der Waals surface area contributed by atoms with Crippen molar-refractivity contribution < 1.29 is 14.5 Å². The summed E-state index contributed by atoms with van der Waals surface area (Å²) in [7, 11) is 0. The van der Waals surface area contributed by atoms with Gasteiger partial charge in [0.25, 0.3) is 17.5 Å². The Morgan fingerprint density at radius 3 is 2.04 bits per heavy atom. The molecule has 2 aromatic carbocycles. The molecule has 6 nitrogen and oxygen atoms in total. The molecule has 1 heterocycles. The number of non-ortho nitro benzene ring substituents is 1. The molecule has 0 saturated heterocycles. The first kappa shape index (κ1) is 16.9. The fourth-order valence-electron chi connectivity index (χ4n) is 2.82. The van der Waals surface area contributed by atoms with Gasteiger partial charge in [0.05, 0.1) is 16.2 Å². The number of hydrogen-bond acceptors (Lipinski definition) is 4. The summed E-state index contributed by atoms with van der Waals surface area (Å²) in [4.78, 5) is 36.5. The maximum atomic E-state index is 12.8. The van der Waals surface area contributed by atoms with Crippen LogP contribution >= 0.6 is 11.6 Å². The zero-order valence-corrected chi connectivity index (χ0v) is 14.2. The van der Waals surface area contributed by atoms with E-state index in [9.17, 15) is 19.7 Å². The van der Waals surface area contributed by atoms with E-state index in [2.05, 4.69) is 0 Å². The number of carbonyl (C=O) groups excluding carboxylic acids is 2. The molecule has 0 saturated carbocycles. The molecule has 126 valence electrons. The number of aryl methyl sites for hydroxylation is 2. The second kappa shape index (κ2) is 6.14. The zero-order valence-electron chi connectivity index (χ0n) is 13.4. The van der Waals surface area contributed by atoms with Crippen LogP contribution in [0.15, 0.2) is 47.5 Å². The number of rotatable bonds is 3. The largest absolute Gasteiger partial charge is 0.277 e. The summed E-state index contributed by atoms with van der Waals surface area (Å²) in [5.41, 5.74) is 2.57. The lowest BCUT2D eigenvalue weighted by Crippen LogP contribution is -2.31. The number of nitro groups is 1. The fourth-order valence-corrected chi connectivity index (χ4v) is 3.09. The van der Waals surface area contributed by atoms with Crippen molar-refractivity contribution in [1.82, 2.24) is 0 Å². The molecule has 3 rings (SSSR count). The molecule has 2 aromatic rings. The van der Waals surface area contributed by atoms with E-state index in [1.54, 1.807) is 12.1 Å². The second-order valence-electron chi connectivity index (χ2n) is 5.78. The number of halogens is 1. The van der Waals surface area contributed by atoms with Crippen LogP contribution in [0.5, 0.6) is 0 Å². The number of benzene rings is 2. The van der Waals surface area contributed by atoms with Crippen molar-refractivity contribution in [3.05, 3.63) is 74.3 Å². The summed E-state index contributed by atoms with van der Waals surface area (Å²) < 4.78 is 0. The van der Waals surface area contributed by atoms with Crippen molar-refractivity contribution in [2.45, 2.75) is 13.8 Å². The van der Waals surface area contributed by atoms with Crippen molar-refractivity contribution in [1.29, 1.82) is 0 Å². The molecule has 0 unspecified atom stereocenters. The van der Waals surface area contributed by atoms with Crippen LogP contribution in [0.2, 0.25) is 0 Å². The van der Waals surface area contributed by atoms with Gasteiger partial charge in [-0.05, 0) is 54.8 Å². The van der Waals surface area contributed by atoms with E-state index in [-0.39, 0.29) is 16.3 Å². The standard InChI is InChI=1S/C18H13ClN2O4/c1-10-7-11(2)9-14(8-10)20-17(22)15(16(19)18(20)23)12-3-5-13(6-4-12)21(24)25/h3-9H,1-2H3. The zero-order chi connectivity index (χ0) is 18.3. The first-order valence-electron chi connectivity index (χ1n) is 7.41. The molecule has 1 aliphatic rings. The summed E-state index contributed by atoms with van der Waals surface area (Å²) >= 11 is 6.12. The molecule has 0 spiro atoms. The van der Waals surface area contributed by atoms with Crippen molar-refractivity contribution in [3.8, 4) is 0 Å². The van der Waals surface area contributed by atoms with Gasteiger partial charge in [-0.15, -0.1) is 0 Å². The number of nitro benzene ring substituents is 1. The Morgan fingerprint density at radius 2 is 1.52 bits per heavy atom. The highest BCUT2D eigenvalue weighted by Crippen LogP contribution is 2.35. The Bertz CT molecular complexity index is 928. The van der Waals surface area contributed by atoms with Crippen LogP contribution in [0.1, 0.15) is 16.7 Å². The van der Waals surface area contributed by atoms with Crippen molar-refractivity contribution in [2.24, 2.45) is 0 Å². The van der Waals surface area contributed by atoms with Gasteiger partial charge in [-0.3, -0.25) is 19.7 Å². The van der Waals surface area contributed by atoms with Crippen molar-refractivity contribution in [2.75, 3.05) is 4.90 Å². The lowest BCUT2D eigenvalue weighted by Gasteiger charge is -2.16. The van der Waals surface area contributed by atoms with Gasteiger partial charge in [0.15, 0.2) is 0 Å². The molecular formula is C18H13ClN2O4. The van der Waals surface area contributed by atoms with Crippen LogP contribution < -0.4 is 4.90 Å². The molecule has 0 aliphatic carbocycles. The van der Waals surface area contributed by atoms with E-state index in [4.69, 9.17) is 11.6 Å². The van der Waals surface area contributed by atoms with Crippen molar-refractivity contribution in [3.63, 3.8) is 0 Å². The van der Waals surface area contributed by atoms with Gasteiger partial charge >= 0.3 is 0 Å². The highest BCUT2D eigenvalue weighted by molar-refractivity contribution is 6.60. The third-order valence-electron chi connectivity index (χ3n) is 3.86. The molecule has 0 fully saturated rings. The average molecular weight is 357 g/mol. The number of hydrogen-bond donors (Lipinski definition) is 0. The fraction of sp³-hybridized carbons (Fsp3) is 0.111. The second-order valence-corrected chi connectivity index (χ2v) is 6.16. The molecule has 0 radical (unpaired) electrons. The molecule has 2 amide bonds. The minimum atomic E-state index is -0.606. The number of amides is 2. The van der Waals surface area contributed by atoms with Crippen LogP contribution in [0.25, 0.3) is 5.57 Å². The molecule has 25 heavy (non-hydrogen) atoms. The molecule has 1 aliphatic heterocycles. The van der Waals surface area contributed by atoms with Gasteiger partial charge in [-0.2, -0.15) is 0 Å². The van der Waals surface area contributed by atoms with E-state index in [0.29, 0.717) is 11.3 Å². The number of carbonyl (C=O) groups is 2. The van der Waals surface area contributed by atoms with Crippen LogP contribution in [0, 0.1) is 24.0 Å². The maximum absolute atomic E-state index is 12.8. The van der Waals surface area contributed by atoms with Gasteiger partial charge in [0.1, 0.15) is 5.03 Å². The Morgan fingerprint density at radius 1 is 0.960 bits per heavy atom. The van der Waals surface area contributed by atoms with Crippen LogP contribution in [-0.4, -0.2) is 16.7 Å². The quantitative estimate of drug-likeness (QED) is 0.476. The lowest BCUT2D eigenvalue weighted by atomic mass is 10.1.